The largest absolute Gasteiger partial charge is 0.325 e. The Morgan fingerprint density at radius 3 is 2.55 bits per heavy atom. The van der Waals surface area contributed by atoms with E-state index in [-0.39, 0.29) is 17.2 Å². The van der Waals surface area contributed by atoms with Crippen LogP contribution in [0.15, 0.2) is 57.8 Å². The lowest BCUT2D eigenvalue weighted by Gasteiger charge is -2.15. The van der Waals surface area contributed by atoms with Crippen LogP contribution in [0.25, 0.3) is 15.9 Å². The second-order valence-corrected chi connectivity index (χ2v) is 9.42. The summed E-state index contributed by atoms with van der Waals surface area (Å²) >= 11 is 2.66. The van der Waals surface area contributed by atoms with Gasteiger partial charge >= 0.3 is 0 Å². The summed E-state index contributed by atoms with van der Waals surface area (Å²) in [4.78, 5) is 30.7. The number of para-hydroxylation sites is 1. The minimum Gasteiger partial charge on any atom is -0.325 e. The zero-order chi connectivity index (χ0) is 22.1. The van der Waals surface area contributed by atoms with E-state index in [1.165, 1.54) is 23.1 Å². The molecule has 0 spiro atoms. The zero-order valence-corrected chi connectivity index (χ0v) is 19.5. The molecular weight excluding hydrogens is 426 g/mol. The number of thiophene rings is 1. The van der Waals surface area contributed by atoms with Gasteiger partial charge in [-0.25, -0.2) is 4.98 Å². The molecule has 7 heteroatoms. The molecule has 0 aliphatic carbocycles. The van der Waals surface area contributed by atoms with E-state index in [0.29, 0.717) is 15.4 Å². The van der Waals surface area contributed by atoms with Crippen LogP contribution in [-0.2, 0) is 4.79 Å². The Kier molecular flexibility index (Phi) is 5.98. The monoisotopic (exact) mass is 449 g/mol. The third-order valence-electron chi connectivity index (χ3n) is 5.13. The number of rotatable bonds is 5. The Labute approximate surface area is 189 Å². The number of thioether (sulfide) groups is 1. The SMILES string of the molecule is Cc1ccc(C)c(-n2c(SCC(=O)Nc3c(C)cccc3C)nc3ccsc3c2=O)c1. The van der Waals surface area contributed by atoms with E-state index in [0.717, 1.165) is 33.6 Å². The molecule has 31 heavy (non-hydrogen) atoms. The molecule has 0 saturated carbocycles. The van der Waals surface area contributed by atoms with Gasteiger partial charge in [-0.2, -0.15) is 0 Å². The Balaban J connectivity index is 1.69. The molecule has 158 valence electrons. The number of carbonyl (C=O) groups is 1. The van der Waals surface area contributed by atoms with Crippen LogP contribution in [0.5, 0.6) is 0 Å². The van der Waals surface area contributed by atoms with E-state index in [1.807, 2.05) is 75.5 Å². The van der Waals surface area contributed by atoms with Crippen LogP contribution in [0.4, 0.5) is 5.69 Å². The molecule has 0 atom stereocenters. The maximum Gasteiger partial charge on any atom is 0.276 e. The van der Waals surface area contributed by atoms with Crippen molar-refractivity contribution >= 4 is 44.9 Å². The van der Waals surface area contributed by atoms with Crippen molar-refractivity contribution in [3.05, 3.63) is 80.5 Å². The van der Waals surface area contributed by atoms with Crippen molar-refractivity contribution in [2.75, 3.05) is 11.1 Å². The molecule has 2 heterocycles. The summed E-state index contributed by atoms with van der Waals surface area (Å²) in [6, 6.07) is 13.8. The standard InChI is InChI=1S/C24H23N3O2S2/c1-14-8-9-15(2)19(12-14)27-23(29)22-18(10-11-30-22)25-24(27)31-13-20(28)26-21-16(3)6-5-7-17(21)4/h5-12H,13H2,1-4H3,(H,26,28). The number of aromatic nitrogens is 2. The van der Waals surface area contributed by atoms with Gasteiger partial charge in [0, 0.05) is 5.69 Å². The molecule has 4 aromatic rings. The molecule has 0 radical (unpaired) electrons. The third kappa shape index (κ3) is 4.29. The third-order valence-corrected chi connectivity index (χ3v) is 6.96. The fourth-order valence-electron chi connectivity index (χ4n) is 3.48. The van der Waals surface area contributed by atoms with Gasteiger partial charge in [-0.1, -0.05) is 42.1 Å². The predicted molar refractivity (Wildman–Crippen MR) is 130 cm³/mol. The van der Waals surface area contributed by atoms with Crippen LogP contribution in [0.1, 0.15) is 22.3 Å². The smallest absolute Gasteiger partial charge is 0.276 e. The molecule has 5 nitrogen and oxygen atoms in total. The van der Waals surface area contributed by atoms with Gasteiger partial charge in [-0.3, -0.25) is 14.2 Å². The number of hydrogen-bond acceptors (Lipinski definition) is 5. The number of hydrogen-bond donors (Lipinski definition) is 1. The van der Waals surface area contributed by atoms with Gasteiger partial charge in [0.1, 0.15) is 4.70 Å². The normalized spacial score (nSPS) is 11.1. The number of amides is 1. The van der Waals surface area contributed by atoms with Crippen LogP contribution in [0, 0.1) is 27.7 Å². The van der Waals surface area contributed by atoms with Gasteiger partial charge in [-0.15, -0.1) is 11.3 Å². The summed E-state index contributed by atoms with van der Waals surface area (Å²) in [7, 11) is 0. The molecule has 1 N–H and O–H groups in total. The molecule has 0 unspecified atom stereocenters. The second kappa shape index (κ2) is 8.69. The molecule has 0 aliphatic rings. The molecule has 0 aliphatic heterocycles. The van der Waals surface area contributed by atoms with Crippen LogP contribution < -0.4 is 10.9 Å². The molecule has 0 fully saturated rings. The molecule has 0 bridgehead atoms. The van der Waals surface area contributed by atoms with Crippen molar-refractivity contribution < 1.29 is 4.79 Å². The average Bonchev–Trinajstić information content (AvgIpc) is 3.20. The number of fused-ring (bicyclic) bond motifs is 1. The van der Waals surface area contributed by atoms with Crippen LogP contribution in [0.3, 0.4) is 0 Å². The Bertz CT molecular complexity index is 1330. The van der Waals surface area contributed by atoms with Crippen molar-refractivity contribution in [2.45, 2.75) is 32.9 Å². The maximum atomic E-state index is 13.3. The first kappa shape index (κ1) is 21.3. The van der Waals surface area contributed by atoms with Gasteiger partial charge < -0.3 is 5.32 Å². The molecule has 2 aromatic heterocycles. The molecular formula is C24H23N3O2S2. The molecule has 1 amide bonds. The van der Waals surface area contributed by atoms with Gasteiger partial charge in [0.25, 0.3) is 5.56 Å². The van der Waals surface area contributed by atoms with Crippen molar-refractivity contribution in [3.8, 4) is 5.69 Å². The van der Waals surface area contributed by atoms with E-state index >= 15 is 0 Å². The average molecular weight is 450 g/mol. The minimum absolute atomic E-state index is 0.105. The number of benzene rings is 2. The van der Waals surface area contributed by atoms with Crippen molar-refractivity contribution in [2.24, 2.45) is 0 Å². The first-order chi connectivity index (χ1) is 14.8. The highest BCUT2D eigenvalue weighted by atomic mass is 32.2. The van der Waals surface area contributed by atoms with Gasteiger partial charge in [0.05, 0.1) is 17.0 Å². The van der Waals surface area contributed by atoms with E-state index in [4.69, 9.17) is 4.98 Å². The van der Waals surface area contributed by atoms with E-state index in [1.54, 1.807) is 4.57 Å². The van der Waals surface area contributed by atoms with Crippen LogP contribution >= 0.6 is 23.1 Å². The van der Waals surface area contributed by atoms with E-state index in [9.17, 15) is 9.59 Å². The number of anilines is 1. The summed E-state index contributed by atoms with van der Waals surface area (Å²) in [5, 5.41) is 5.39. The number of nitrogens with one attached hydrogen (secondary N) is 1. The Morgan fingerprint density at radius 1 is 1.06 bits per heavy atom. The molecule has 2 aromatic carbocycles. The molecule has 4 rings (SSSR count). The summed E-state index contributed by atoms with van der Waals surface area (Å²) in [6.45, 7) is 7.91. The lowest BCUT2D eigenvalue weighted by Crippen LogP contribution is -2.23. The van der Waals surface area contributed by atoms with Crippen LogP contribution in [0.2, 0.25) is 0 Å². The van der Waals surface area contributed by atoms with E-state index < -0.39 is 0 Å². The first-order valence-electron chi connectivity index (χ1n) is 9.92. The highest BCUT2D eigenvalue weighted by Crippen LogP contribution is 2.26. The van der Waals surface area contributed by atoms with E-state index in [2.05, 4.69) is 5.32 Å². The van der Waals surface area contributed by atoms with Gasteiger partial charge in [0.2, 0.25) is 5.91 Å². The lowest BCUT2D eigenvalue weighted by atomic mass is 10.1. The summed E-state index contributed by atoms with van der Waals surface area (Å²) in [5.41, 5.74) is 6.26. The number of aryl methyl sites for hydroxylation is 4. The zero-order valence-electron chi connectivity index (χ0n) is 17.9. The fraction of sp³-hybridized carbons (Fsp3) is 0.208. The first-order valence-corrected chi connectivity index (χ1v) is 11.8. The van der Waals surface area contributed by atoms with Crippen molar-refractivity contribution in [3.63, 3.8) is 0 Å². The lowest BCUT2D eigenvalue weighted by molar-refractivity contribution is -0.113. The van der Waals surface area contributed by atoms with Gasteiger partial charge in [-0.05, 0) is 67.5 Å². The Morgan fingerprint density at radius 2 is 1.81 bits per heavy atom. The summed E-state index contributed by atoms with van der Waals surface area (Å²) in [6.07, 6.45) is 0. The highest BCUT2D eigenvalue weighted by molar-refractivity contribution is 7.99. The quantitative estimate of drug-likeness (QED) is 0.327. The summed E-state index contributed by atoms with van der Waals surface area (Å²) in [5.74, 6) is 0.0235. The maximum absolute atomic E-state index is 13.3. The highest BCUT2D eigenvalue weighted by Gasteiger charge is 2.17. The molecule has 0 saturated heterocycles. The second-order valence-electron chi connectivity index (χ2n) is 7.56. The summed E-state index contributed by atoms with van der Waals surface area (Å²) < 4.78 is 2.25. The number of nitrogens with zero attached hydrogens (tertiary/aromatic N) is 2. The topological polar surface area (TPSA) is 64.0 Å². The van der Waals surface area contributed by atoms with Crippen molar-refractivity contribution in [1.29, 1.82) is 0 Å². The van der Waals surface area contributed by atoms with Gasteiger partial charge in [0.15, 0.2) is 5.16 Å². The van der Waals surface area contributed by atoms with Crippen molar-refractivity contribution in [1.82, 2.24) is 9.55 Å². The number of carbonyl (C=O) groups excluding carboxylic acids is 1. The minimum atomic E-state index is -0.130. The predicted octanol–water partition coefficient (Wildman–Crippen LogP) is 5.41. The fourth-order valence-corrected chi connectivity index (χ4v) is 5.04. The van der Waals surface area contributed by atoms with Crippen LogP contribution in [-0.4, -0.2) is 21.2 Å². The Hall–Kier alpha value is -2.90.